The van der Waals surface area contributed by atoms with Gasteiger partial charge in [-0.25, -0.2) is 14.6 Å². The molecule has 3 rings (SSSR count). The third-order valence-corrected chi connectivity index (χ3v) is 6.12. The van der Waals surface area contributed by atoms with Gasteiger partial charge >= 0.3 is 11.9 Å². The molecule has 0 aliphatic heterocycles. The number of methoxy groups -OCH3 is 1. The Kier molecular flexibility index (Phi) is 6.84. The fourth-order valence-corrected chi connectivity index (χ4v) is 4.32. The average Bonchev–Trinajstić information content (AvgIpc) is 3.15. The minimum Gasteiger partial charge on any atom is -0.465 e. The van der Waals surface area contributed by atoms with Crippen LogP contribution in [0, 0.1) is 6.92 Å². The first-order valence-corrected chi connectivity index (χ1v) is 10.4. The van der Waals surface area contributed by atoms with Gasteiger partial charge in [0.05, 0.1) is 18.2 Å². The van der Waals surface area contributed by atoms with Crippen molar-refractivity contribution in [2.45, 2.75) is 23.6 Å². The molecule has 0 saturated heterocycles. The predicted octanol–water partition coefficient (Wildman–Crippen LogP) is 4.89. The molecule has 7 heteroatoms. The zero-order valence-electron chi connectivity index (χ0n) is 15.5. The molecule has 0 aliphatic carbocycles. The summed E-state index contributed by atoms with van der Waals surface area (Å²) < 4.78 is 11.1. The summed E-state index contributed by atoms with van der Waals surface area (Å²) >= 11 is 3.20. The van der Waals surface area contributed by atoms with E-state index < -0.39 is 5.97 Å². The maximum atomic E-state index is 12.6. The van der Waals surface area contributed by atoms with Crippen molar-refractivity contribution < 1.29 is 19.1 Å². The lowest BCUT2D eigenvalue weighted by Crippen LogP contribution is -2.08. The van der Waals surface area contributed by atoms with Crippen molar-refractivity contribution in [3.05, 3.63) is 81.9 Å². The fraction of sp³-hybridized carbons (Fsp3) is 0.190. The lowest BCUT2D eigenvalue weighted by Gasteiger charge is -2.09. The van der Waals surface area contributed by atoms with Crippen molar-refractivity contribution in [1.29, 1.82) is 0 Å². The van der Waals surface area contributed by atoms with Crippen LogP contribution in [0.2, 0.25) is 0 Å². The van der Waals surface area contributed by atoms with Gasteiger partial charge in [-0.05, 0) is 36.2 Å². The molecule has 0 aliphatic rings. The quantitative estimate of drug-likeness (QED) is 0.406. The molecule has 0 bridgehead atoms. The number of thioether (sulfide) groups is 1. The molecule has 28 heavy (non-hydrogen) atoms. The van der Waals surface area contributed by atoms with Gasteiger partial charge in [-0.2, -0.15) is 0 Å². The minimum atomic E-state index is -0.398. The lowest BCUT2D eigenvalue weighted by atomic mass is 10.1. The van der Waals surface area contributed by atoms with E-state index in [0.717, 1.165) is 21.2 Å². The van der Waals surface area contributed by atoms with Gasteiger partial charge in [-0.3, -0.25) is 0 Å². The Balaban J connectivity index is 1.61. The monoisotopic (exact) mass is 413 g/mol. The van der Waals surface area contributed by atoms with Gasteiger partial charge in [-0.15, -0.1) is 11.3 Å². The summed E-state index contributed by atoms with van der Waals surface area (Å²) in [6, 6.07) is 14.2. The summed E-state index contributed by atoms with van der Waals surface area (Å²) in [5, 5.41) is 2.01. The van der Waals surface area contributed by atoms with Crippen LogP contribution in [0.5, 0.6) is 0 Å². The van der Waals surface area contributed by atoms with Crippen molar-refractivity contribution >= 4 is 35.0 Å². The summed E-state index contributed by atoms with van der Waals surface area (Å²) in [6.07, 6.45) is 0. The Labute approximate surface area is 171 Å². The Morgan fingerprint density at radius 2 is 1.82 bits per heavy atom. The number of esters is 2. The van der Waals surface area contributed by atoms with Crippen molar-refractivity contribution in [3.8, 4) is 0 Å². The van der Waals surface area contributed by atoms with E-state index in [2.05, 4.69) is 9.72 Å². The number of hydrogen-bond acceptors (Lipinski definition) is 7. The molecule has 5 nitrogen and oxygen atoms in total. The summed E-state index contributed by atoms with van der Waals surface area (Å²) in [5.41, 5.74) is 3.71. The number of carbonyl (C=O) groups excluding carboxylic acids is 2. The first-order chi connectivity index (χ1) is 13.6. The summed E-state index contributed by atoms with van der Waals surface area (Å²) in [4.78, 5) is 28.5. The first-order valence-electron chi connectivity index (χ1n) is 8.54. The van der Waals surface area contributed by atoms with Crippen molar-refractivity contribution in [3.63, 3.8) is 0 Å². The number of rotatable bonds is 7. The number of thiazole rings is 1. The van der Waals surface area contributed by atoms with Crippen LogP contribution in [0.4, 0.5) is 0 Å². The molecule has 2 aromatic carbocycles. The van der Waals surface area contributed by atoms with Crippen LogP contribution in [0.25, 0.3) is 0 Å². The molecular weight excluding hydrogens is 394 g/mol. The summed E-state index contributed by atoms with van der Waals surface area (Å²) in [7, 11) is 1.34. The second-order valence-corrected chi connectivity index (χ2v) is 8.05. The van der Waals surface area contributed by atoms with Gasteiger partial charge in [0.2, 0.25) is 0 Å². The second-order valence-electron chi connectivity index (χ2n) is 5.97. The standard InChI is InChI=1S/C21H19NO4S2/c1-14-12-27-21(22-14)28-13-17-5-3-4-6-18(17)20(24)26-11-15-7-9-16(10-8-15)19(23)25-2/h3-10,12H,11,13H2,1-2H3. The van der Waals surface area contributed by atoms with Crippen LogP contribution < -0.4 is 0 Å². The first kappa shape index (κ1) is 20.1. The number of benzene rings is 2. The Hall–Kier alpha value is -2.64. The van der Waals surface area contributed by atoms with E-state index in [0.29, 0.717) is 16.9 Å². The van der Waals surface area contributed by atoms with E-state index in [-0.39, 0.29) is 12.6 Å². The van der Waals surface area contributed by atoms with E-state index in [1.54, 1.807) is 53.4 Å². The summed E-state index contributed by atoms with van der Waals surface area (Å²) in [6.45, 7) is 2.09. The molecular formula is C21H19NO4S2. The molecule has 0 radical (unpaired) electrons. The average molecular weight is 414 g/mol. The molecule has 0 amide bonds. The maximum absolute atomic E-state index is 12.6. The highest BCUT2D eigenvalue weighted by atomic mass is 32.2. The van der Waals surface area contributed by atoms with Gasteiger partial charge in [0.15, 0.2) is 0 Å². The molecule has 0 fully saturated rings. The maximum Gasteiger partial charge on any atom is 0.338 e. The highest BCUT2D eigenvalue weighted by Gasteiger charge is 2.14. The Morgan fingerprint density at radius 1 is 1.07 bits per heavy atom. The Morgan fingerprint density at radius 3 is 2.50 bits per heavy atom. The molecule has 0 spiro atoms. The zero-order chi connectivity index (χ0) is 19.9. The molecule has 3 aromatic rings. The van der Waals surface area contributed by atoms with E-state index in [1.165, 1.54) is 7.11 Å². The molecule has 0 unspecified atom stereocenters. The normalized spacial score (nSPS) is 10.5. The minimum absolute atomic E-state index is 0.132. The zero-order valence-corrected chi connectivity index (χ0v) is 17.1. The van der Waals surface area contributed by atoms with Gasteiger partial charge in [0.25, 0.3) is 0 Å². The van der Waals surface area contributed by atoms with E-state index in [4.69, 9.17) is 4.74 Å². The predicted molar refractivity (Wildman–Crippen MR) is 110 cm³/mol. The number of aromatic nitrogens is 1. The lowest BCUT2D eigenvalue weighted by molar-refractivity contribution is 0.0470. The molecule has 1 heterocycles. The second kappa shape index (κ2) is 9.52. The smallest absolute Gasteiger partial charge is 0.338 e. The number of ether oxygens (including phenoxy) is 2. The van der Waals surface area contributed by atoms with Gasteiger partial charge in [0.1, 0.15) is 10.9 Å². The van der Waals surface area contributed by atoms with E-state index in [1.807, 2.05) is 30.5 Å². The molecule has 0 N–H and O–H groups in total. The molecule has 144 valence electrons. The largest absolute Gasteiger partial charge is 0.465 e. The number of carbonyl (C=O) groups is 2. The molecule has 0 atom stereocenters. The fourth-order valence-electron chi connectivity index (χ4n) is 2.47. The number of hydrogen-bond donors (Lipinski definition) is 0. The van der Waals surface area contributed by atoms with Gasteiger partial charge in [0, 0.05) is 16.8 Å². The van der Waals surface area contributed by atoms with Crippen molar-refractivity contribution in [2.24, 2.45) is 0 Å². The van der Waals surface area contributed by atoms with Gasteiger partial charge in [-0.1, -0.05) is 42.1 Å². The van der Waals surface area contributed by atoms with E-state index >= 15 is 0 Å². The summed E-state index contributed by atoms with van der Waals surface area (Å²) in [5.74, 6) is -0.125. The van der Waals surface area contributed by atoms with E-state index in [9.17, 15) is 9.59 Å². The number of aryl methyl sites for hydroxylation is 1. The highest BCUT2D eigenvalue weighted by molar-refractivity contribution is 8.00. The topological polar surface area (TPSA) is 65.5 Å². The highest BCUT2D eigenvalue weighted by Crippen LogP contribution is 2.27. The van der Waals surface area contributed by atoms with Crippen LogP contribution >= 0.6 is 23.1 Å². The molecule has 1 aromatic heterocycles. The third-order valence-electron chi connectivity index (χ3n) is 3.93. The molecule has 0 saturated carbocycles. The van der Waals surface area contributed by atoms with Crippen LogP contribution in [-0.4, -0.2) is 24.0 Å². The van der Waals surface area contributed by atoms with Crippen molar-refractivity contribution in [2.75, 3.05) is 7.11 Å². The van der Waals surface area contributed by atoms with Crippen LogP contribution in [-0.2, 0) is 21.8 Å². The SMILES string of the molecule is COC(=O)c1ccc(COC(=O)c2ccccc2CSc2nc(C)cs2)cc1. The number of nitrogens with zero attached hydrogens (tertiary/aromatic N) is 1. The van der Waals surface area contributed by atoms with Gasteiger partial charge < -0.3 is 9.47 Å². The third kappa shape index (κ3) is 5.21. The van der Waals surface area contributed by atoms with Crippen LogP contribution in [0.3, 0.4) is 0 Å². The van der Waals surface area contributed by atoms with Crippen LogP contribution in [0.1, 0.15) is 37.5 Å². The Bertz CT molecular complexity index is 967. The van der Waals surface area contributed by atoms with Crippen molar-refractivity contribution in [1.82, 2.24) is 4.98 Å². The van der Waals surface area contributed by atoms with Crippen LogP contribution in [0.15, 0.2) is 58.3 Å².